The van der Waals surface area contributed by atoms with Crippen LogP contribution in [-0.2, 0) is 24.0 Å². The van der Waals surface area contributed by atoms with E-state index in [-0.39, 0.29) is 0 Å². The second-order valence-electron chi connectivity index (χ2n) is 16.0. The van der Waals surface area contributed by atoms with E-state index in [4.69, 9.17) is 18.6 Å². The first-order valence-electron chi connectivity index (χ1n) is 17.4. The van der Waals surface area contributed by atoms with Crippen LogP contribution in [0, 0.1) is 6.92 Å². The molecule has 0 spiro atoms. The quantitative estimate of drug-likeness (QED) is 0.194. The van der Waals surface area contributed by atoms with Gasteiger partial charge in [-0.2, -0.15) is 0 Å². The maximum atomic E-state index is 6.53. The lowest BCUT2D eigenvalue weighted by Crippen LogP contribution is -2.41. The average Bonchev–Trinajstić information content (AvgIpc) is 3.46. The molecule has 7 heteroatoms. The van der Waals surface area contributed by atoms with Crippen LogP contribution in [0.5, 0.6) is 0 Å². The number of rotatable bonds is 9. The van der Waals surface area contributed by atoms with Gasteiger partial charge in [-0.3, -0.25) is 0 Å². The molecule has 5 nitrogen and oxygen atoms in total. The zero-order chi connectivity index (χ0) is 33.3. The van der Waals surface area contributed by atoms with E-state index in [0.717, 1.165) is 17.5 Å². The van der Waals surface area contributed by atoms with Crippen LogP contribution in [0.15, 0.2) is 54.6 Å². The van der Waals surface area contributed by atoms with Gasteiger partial charge in [0, 0.05) is 17.6 Å². The Hall–Kier alpha value is -2.57. The molecule has 2 aliphatic heterocycles. The Balaban J connectivity index is 1.45. The topological polar surface area (TPSA) is 49.0 Å². The fourth-order valence-electron chi connectivity index (χ4n) is 7.09. The molecule has 0 atom stereocenters. The van der Waals surface area contributed by atoms with Crippen molar-refractivity contribution < 1.29 is 18.6 Å². The van der Waals surface area contributed by atoms with Crippen LogP contribution in [0.1, 0.15) is 117 Å². The predicted octanol–water partition coefficient (Wildman–Crippen LogP) is 7.92. The van der Waals surface area contributed by atoms with Crippen molar-refractivity contribution in [2.45, 2.75) is 130 Å². The van der Waals surface area contributed by atoms with E-state index < -0.39 is 42.1 Å². The van der Waals surface area contributed by atoms with Crippen LogP contribution in [0.25, 0.3) is 11.1 Å². The second kappa shape index (κ2) is 11.5. The molecule has 0 amide bonds. The summed E-state index contributed by atoms with van der Waals surface area (Å²) in [6.45, 7) is 24.7. The standard InChI is InChI=1S/C39H53B2NO4/c1-12-13-14-15-20-42-30-22-26(2)21-27(23-30)39(11)33-24-28(40-43-35(3,4)36(5,6)44-40)16-18-31(33)32-19-17-29(25-34(32)39)41-45-37(7,8)38(9,10)46-41/h16-19,21-25,42H,12-15,20H2,1-11H3. The largest absolute Gasteiger partial charge is 0.494 e. The van der Waals surface area contributed by atoms with Gasteiger partial charge in [0.2, 0.25) is 0 Å². The Labute approximate surface area is 278 Å². The van der Waals surface area contributed by atoms with Crippen LogP contribution in [-0.4, -0.2) is 43.2 Å². The van der Waals surface area contributed by atoms with E-state index in [9.17, 15) is 0 Å². The third kappa shape index (κ3) is 5.55. The molecule has 0 saturated carbocycles. The van der Waals surface area contributed by atoms with E-state index in [0.29, 0.717) is 0 Å². The van der Waals surface area contributed by atoms with Gasteiger partial charge in [-0.25, -0.2) is 0 Å². The van der Waals surface area contributed by atoms with Crippen molar-refractivity contribution >= 4 is 30.8 Å². The van der Waals surface area contributed by atoms with Gasteiger partial charge in [-0.15, -0.1) is 0 Å². The Bertz CT molecular complexity index is 1510. The molecule has 2 saturated heterocycles. The van der Waals surface area contributed by atoms with Crippen molar-refractivity contribution in [2.75, 3.05) is 11.9 Å². The van der Waals surface area contributed by atoms with Crippen molar-refractivity contribution in [3.05, 3.63) is 76.9 Å². The number of hydrogen-bond donors (Lipinski definition) is 1. The molecule has 46 heavy (non-hydrogen) atoms. The predicted molar refractivity (Wildman–Crippen MR) is 193 cm³/mol. The lowest BCUT2D eigenvalue weighted by Gasteiger charge is -2.32. The summed E-state index contributed by atoms with van der Waals surface area (Å²) in [5.74, 6) is 0. The monoisotopic (exact) mass is 621 g/mol. The first kappa shape index (κ1) is 33.3. The van der Waals surface area contributed by atoms with Crippen molar-refractivity contribution in [3.63, 3.8) is 0 Å². The highest BCUT2D eigenvalue weighted by Gasteiger charge is 2.54. The summed E-state index contributed by atoms with van der Waals surface area (Å²) in [7, 11) is -0.858. The first-order chi connectivity index (χ1) is 21.5. The zero-order valence-corrected chi connectivity index (χ0v) is 30.0. The van der Waals surface area contributed by atoms with E-state index in [1.54, 1.807) is 0 Å². The summed E-state index contributed by atoms with van der Waals surface area (Å²) in [5.41, 5.74) is 8.74. The highest BCUT2D eigenvalue weighted by Crippen LogP contribution is 2.53. The number of aryl methyl sites for hydroxylation is 1. The molecule has 0 unspecified atom stereocenters. The first-order valence-corrected chi connectivity index (χ1v) is 17.4. The maximum absolute atomic E-state index is 6.53. The number of benzene rings is 3. The minimum atomic E-state index is -0.429. The average molecular weight is 621 g/mol. The minimum Gasteiger partial charge on any atom is -0.399 e. The highest BCUT2D eigenvalue weighted by molar-refractivity contribution is 6.62. The van der Waals surface area contributed by atoms with E-state index in [1.807, 2.05) is 0 Å². The Morgan fingerprint density at radius 1 is 0.587 bits per heavy atom. The third-order valence-corrected chi connectivity index (χ3v) is 11.5. The van der Waals surface area contributed by atoms with Gasteiger partial charge in [0.1, 0.15) is 0 Å². The lowest BCUT2D eigenvalue weighted by molar-refractivity contribution is 0.00578. The SMILES string of the molecule is CCCCCCNc1cc(C)cc(C2(C)c3cc(B4OC(C)(C)C(C)(C)O4)ccc3-c3ccc(B4OC(C)(C)C(C)(C)O4)cc32)c1. The highest BCUT2D eigenvalue weighted by atomic mass is 16.7. The van der Waals surface area contributed by atoms with Crippen molar-refractivity contribution in [1.29, 1.82) is 0 Å². The summed E-state index contributed by atoms with van der Waals surface area (Å²) in [5, 5.41) is 3.74. The number of anilines is 1. The van der Waals surface area contributed by atoms with Gasteiger partial charge in [-0.1, -0.05) is 68.7 Å². The number of fused-ring (bicyclic) bond motifs is 3. The molecule has 2 heterocycles. The van der Waals surface area contributed by atoms with Gasteiger partial charge in [0.15, 0.2) is 0 Å². The fraction of sp³-hybridized carbons (Fsp3) is 0.538. The number of unbranched alkanes of at least 4 members (excludes halogenated alkanes) is 3. The molecule has 6 rings (SSSR count). The summed E-state index contributed by atoms with van der Waals surface area (Å²) in [6.07, 6.45) is 4.95. The molecule has 3 aromatic carbocycles. The molecule has 3 aromatic rings. The molecule has 3 aliphatic rings. The molecule has 0 aromatic heterocycles. The van der Waals surface area contributed by atoms with Crippen LogP contribution in [0.4, 0.5) is 5.69 Å². The Morgan fingerprint density at radius 2 is 1.07 bits per heavy atom. The molecular formula is C39H53B2NO4. The minimum absolute atomic E-state index is 0.408. The number of hydrogen-bond acceptors (Lipinski definition) is 5. The van der Waals surface area contributed by atoms with Crippen LogP contribution in [0.2, 0.25) is 0 Å². The van der Waals surface area contributed by atoms with Gasteiger partial charge in [0.05, 0.1) is 22.4 Å². The second-order valence-corrected chi connectivity index (χ2v) is 16.0. The van der Waals surface area contributed by atoms with Gasteiger partial charge in [-0.05, 0) is 132 Å². The van der Waals surface area contributed by atoms with Crippen molar-refractivity contribution in [3.8, 4) is 11.1 Å². The molecular weight excluding hydrogens is 568 g/mol. The Morgan fingerprint density at radius 3 is 1.52 bits per heavy atom. The molecule has 1 N–H and O–H groups in total. The molecule has 0 radical (unpaired) electrons. The maximum Gasteiger partial charge on any atom is 0.494 e. The summed E-state index contributed by atoms with van der Waals surface area (Å²) in [4.78, 5) is 0. The summed E-state index contributed by atoms with van der Waals surface area (Å²) >= 11 is 0. The van der Waals surface area contributed by atoms with E-state index in [2.05, 4.69) is 136 Å². The van der Waals surface area contributed by atoms with Crippen molar-refractivity contribution in [2.24, 2.45) is 0 Å². The summed E-state index contributed by atoms with van der Waals surface area (Å²) < 4.78 is 26.1. The van der Waals surface area contributed by atoms with Crippen LogP contribution < -0.4 is 16.2 Å². The van der Waals surface area contributed by atoms with Gasteiger partial charge < -0.3 is 23.9 Å². The van der Waals surface area contributed by atoms with E-state index >= 15 is 0 Å². The molecule has 0 bridgehead atoms. The molecule has 1 aliphatic carbocycles. The van der Waals surface area contributed by atoms with Crippen LogP contribution >= 0.6 is 0 Å². The smallest absolute Gasteiger partial charge is 0.399 e. The lowest BCUT2D eigenvalue weighted by atomic mass is 9.69. The number of nitrogens with one attached hydrogen (secondary N) is 1. The zero-order valence-electron chi connectivity index (χ0n) is 30.0. The van der Waals surface area contributed by atoms with Crippen molar-refractivity contribution in [1.82, 2.24) is 0 Å². The van der Waals surface area contributed by atoms with Gasteiger partial charge in [0.25, 0.3) is 0 Å². The third-order valence-electron chi connectivity index (χ3n) is 11.5. The molecule has 244 valence electrons. The van der Waals surface area contributed by atoms with Gasteiger partial charge >= 0.3 is 14.2 Å². The Kier molecular flexibility index (Phi) is 8.37. The van der Waals surface area contributed by atoms with Crippen LogP contribution in [0.3, 0.4) is 0 Å². The van der Waals surface area contributed by atoms with E-state index in [1.165, 1.54) is 64.8 Å². The summed E-state index contributed by atoms with van der Waals surface area (Å²) in [6, 6.07) is 20.5. The fourth-order valence-corrected chi connectivity index (χ4v) is 7.09. The normalized spacial score (nSPS) is 21.4. The molecule has 2 fully saturated rings.